The number of rotatable bonds is 7. The van der Waals surface area contributed by atoms with E-state index in [4.69, 9.17) is 14.2 Å². The number of ether oxygens (including phenoxy) is 3. The summed E-state index contributed by atoms with van der Waals surface area (Å²) in [6, 6.07) is 9.63. The van der Waals surface area contributed by atoms with Crippen LogP contribution in [0.1, 0.15) is 19.4 Å². The van der Waals surface area contributed by atoms with E-state index in [-0.39, 0.29) is 18.6 Å². The number of nitrogens with one attached hydrogen (secondary N) is 1. The van der Waals surface area contributed by atoms with Gasteiger partial charge in [-0.2, -0.15) is 11.8 Å². The molecule has 1 aromatic rings. The van der Waals surface area contributed by atoms with E-state index in [1.54, 1.807) is 11.8 Å². The van der Waals surface area contributed by atoms with Crippen LogP contribution in [-0.4, -0.2) is 43.1 Å². The van der Waals surface area contributed by atoms with Crippen LogP contribution < -0.4 is 5.32 Å². The van der Waals surface area contributed by atoms with Crippen LogP contribution in [-0.2, 0) is 20.8 Å². The van der Waals surface area contributed by atoms with Crippen LogP contribution in [0.2, 0.25) is 0 Å². The first-order valence-corrected chi connectivity index (χ1v) is 9.15. The van der Waals surface area contributed by atoms with Crippen molar-refractivity contribution in [1.82, 2.24) is 5.32 Å². The molecule has 6 heteroatoms. The highest BCUT2D eigenvalue weighted by Crippen LogP contribution is 2.27. The van der Waals surface area contributed by atoms with Gasteiger partial charge in [0.25, 0.3) is 0 Å². The maximum absolute atomic E-state index is 11.9. The third kappa shape index (κ3) is 6.05. The Hall–Kier alpha value is -1.24. The molecule has 0 aromatic heterocycles. The van der Waals surface area contributed by atoms with E-state index in [0.717, 1.165) is 11.3 Å². The largest absolute Gasteiger partial charge is 0.445 e. The molecule has 1 fully saturated rings. The molecule has 1 N–H and O–H groups in total. The Labute approximate surface area is 142 Å². The first kappa shape index (κ1) is 18.1. The zero-order chi connectivity index (χ0) is 16.7. The zero-order valence-corrected chi connectivity index (χ0v) is 14.7. The molecule has 2 unspecified atom stereocenters. The van der Waals surface area contributed by atoms with Gasteiger partial charge in [0, 0.05) is 18.2 Å². The standard InChI is InChI=1S/C17H25NO4S/c1-17(2)21-11-15(22-17)14(12-23-3)9-18-16(19)20-10-13-7-5-4-6-8-13/h4-8,14-15H,9-12H2,1-3H3,(H,18,19). The van der Waals surface area contributed by atoms with E-state index in [9.17, 15) is 4.79 Å². The predicted octanol–water partition coefficient (Wildman–Crippen LogP) is 3.04. The fraction of sp³-hybridized carbons (Fsp3) is 0.588. The van der Waals surface area contributed by atoms with Gasteiger partial charge in [-0.25, -0.2) is 4.79 Å². The Balaban J connectivity index is 1.76. The van der Waals surface area contributed by atoms with Crippen molar-refractivity contribution in [2.45, 2.75) is 32.3 Å². The highest BCUT2D eigenvalue weighted by molar-refractivity contribution is 7.98. The normalized spacial score (nSPS) is 20.9. The summed E-state index contributed by atoms with van der Waals surface area (Å²) >= 11 is 1.73. The number of carbonyl (C=O) groups is 1. The van der Waals surface area contributed by atoms with Gasteiger partial charge in [-0.05, 0) is 25.7 Å². The molecule has 0 spiro atoms. The van der Waals surface area contributed by atoms with Gasteiger partial charge in [0.05, 0.1) is 12.7 Å². The Morgan fingerprint density at radius 3 is 2.78 bits per heavy atom. The lowest BCUT2D eigenvalue weighted by molar-refractivity contribution is -0.143. The monoisotopic (exact) mass is 339 g/mol. The van der Waals surface area contributed by atoms with Gasteiger partial charge >= 0.3 is 6.09 Å². The minimum atomic E-state index is -0.546. The summed E-state index contributed by atoms with van der Waals surface area (Å²) in [5, 5.41) is 2.83. The van der Waals surface area contributed by atoms with Crippen molar-refractivity contribution >= 4 is 17.9 Å². The van der Waals surface area contributed by atoms with Crippen LogP contribution in [0.15, 0.2) is 30.3 Å². The predicted molar refractivity (Wildman–Crippen MR) is 91.4 cm³/mol. The number of amides is 1. The molecule has 1 aliphatic heterocycles. The lowest BCUT2D eigenvalue weighted by atomic mass is 10.1. The van der Waals surface area contributed by atoms with E-state index in [2.05, 4.69) is 5.32 Å². The van der Waals surface area contributed by atoms with Gasteiger partial charge in [-0.1, -0.05) is 30.3 Å². The van der Waals surface area contributed by atoms with Crippen LogP contribution in [0.5, 0.6) is 0 Å². The molecule has 1 saturated heterocycles. The molecule has 0 radical (unpaired) electrons. The molecule has 1 aromatic carbocycles. The number of benzene rings is 1. The molecule has 1 amide bonds. The molecule has 23 heavy (non-hydrogen) atoms. The third-order valence-electron chi connectivity index (χ3n) is 3.66. The number of alkyl carbamates (subject to hydrolysis) is 1. The molecule has 2 rings (SSSR count). The summed E-state index contributed by atoms with van der Waals surface area (Å²) in [6.07, 6.45) is 1.63. The van der Waals surface area contributed by atoms with E-state index >= 15 is 0 Å². The third-order valence-corrected chi connectivity index (χ3v) is 4.42. The summed E-state index contributed by atoms with van der Waals surface area (Å²) < 4.78 is 16.7. The molecular formula is C17H25NO4S. The summed E-state index contributed by atoms with van der Waals surface area (Å²) in [7, 11) is 0. The number of carbonyl (C=O) groups excluding carboxylic acids is 1. The first-order chi connectivity index (χ1) is 11.0. The molecule has 0 bridgehead atoms. The topological polar surface area (TPSA) is 56.8 Å². The minimum absolute atomic E-state index is 0.00752. The molecule has 5 nitrogen and oxygen atoms in total. The second-order valence-corrected chi connectivity index (χ2v) is 6.94. The Morgan fingerprint density at radius 2 is 2.17 bits per heavy atom. The Bertz CT molecular complexity index is 495. The maximum atomic E-state index is 11.9. The lowest BCUT2D eigenvalue weighted by Crippen LogP contribution is -2.38. The van der Waals surface area contributed by atoms with E-state index in [1.165, 1.54) is 0 Å². The van der Waals surface area contributed by atoms with Crippen molar-refractivity contribution in [3.05, 3.63) is 35.9 Å². The van der Waals surface area contributed by atoms with Gasteiger partial charge in [0.2, 0.25) is 0 Å². The van der Waals surface area contributed by atoms with Crippen LogP contribution in [0.25, 0.3) is 0 Å². The zero-order valence-electron chi connectivity index (χ0n) is 13.9. The van der Waals surface area contributed by atoms with Crippen molar-refractivity contribution in [1.29, 1.82) is 0 Å². The van der Waals surface area contributed by atoms with Gasteiger partial charge in [0.1, 0.15) is 6.61 Å². The summed E-state index contributed by atoms with van der Waals surface area (Å²) in [4.78, 5) is 11.9. The quantitative estimate of drug-likeness (QED) is 0.827. The molecule has 0 aliphatic carbocycles. The molecule has 0 saturated carbocycles. The second-order valence-electron chi connectivity index (χ2n) is 6.03. The summed E-state index contributed by atoms with van der Waals surface area (Å²) in [5.41, 5.74) is 0.970. The lowest BCUT2D eigenvalue weighted by Gasteiger charge is -2.23. The number of thioether (sulfide) groups is 1. The Kier molecular flexibility index (Phi) is 6.74. The van der Waals surface area contributed by atoms with Crippen molar-refractivity contribution in [2.24, 2.45) is 5.92 Å². The fourth-order valence-corrected chi connectivity index (χ4v) is 3.21. The van der Waals surface area contributed by atoms with Gasteiger partial charge in [0.15, 0.2) is 5.79 Å². The van der Waals surface area contributed by atoms with Crippen molar-refractivity contribution in [3.8, 4) is 0 Å². The fourth-order valence-electron chi connectivity index (χ4n) is 2.45. The molecule has 1 aliphatic rings. The highest BCUT2D eigenvalue weighted by Gasteiger charge is 2.37. The average molecular weight is 339 g/mol. The van der Waals surface area contributed by atoms with Crippen LogP contribution in [0.3, 0.4) is 0 Å². The summed E-state index contributed by atoms with van der Waals surface area (Å²) in [5.74, 6) is 0.536. The summed E-state index contributed by atoms with van der Waals surface area (Å²) in [6.45, 7) is 5.16. The van der Waals surface area contributed by atoms with Gasteiger partial charge in [-0.3, -0.25) is 0 Å². The van der Waals surface area contributed by atoms with E-state index < -0.39 is 11.9 Å². The average Bonchev–Trinajstić information content (AvgIpc) is 2.90. The van der Waals surface area contributed by atoms with E-state index in [1.807, 2.05) is 50.4 Å². The second kappa shape index (κ2) is 8.57. The van der Waals surface area contributed by atoms with Crippen molar-refractivity contribution in [2.75, 3.05) is 25.2 Å². The SMILES string of the molecule is CSCC(CNC(=O)OCc1ccccc1)C1COC(C)(C)O1. The van der Waals surface area contributed by atoms with Crippen molar-refractivity contribution < 1.29 is 19.0 Å². The van der Waals surface area contributed by atoms with Gasteiger partial charge in [-0.15, -0.1) is 0 Å². The Morgan fingerprint density at radius 1 is 1.43 bits per heavy atom. The van der Waals surface area contributed by atoms with E-state index in [0.29, 0.717) is 13.2 Å². The van der Waals surface area contributed by atoms with Crippen LogP contribution >= 0.6 is 11.8 Å². The maximum Gasteiger partial charge on any atom is 0.407 e. The number of hydrogen-bond donors (Lipinski definition) is 1. The number of hydrogen-bond acceptors (Lipinski definition) is 5. The highest BCUT2D eigenvalue weighted by atomic mass is 32.2. The van der Waals surface area contributed by atoms with Gasteiger partial charge < -0.3 is 19.5 Å². The smallest absolute Gasteiger partial charge is 0.407 e. The van der Waals surface area contributed by atoms with Crippen LogP contribution in [0.4, 0.5) is 4.79 Å². The molecule has 1 heterocycles. The molecule has 2 atom stereocenters. The van der Waals surface area contributed by atoms with Crippen LogP contribution in [0, 0.1) is 5.92 Å². The first-order valence-electron chi connectivity index (χ1n) is 7.75. The molecular weight excluding hydrogens is 314 g/mol. The molecule has 128 valence electrons. The minimum Gasteiger partial charge on any atom is -0.445 e. The van der Waals surface area contributed by atoms with Crippen molar-refractivity contribution in [3.63, 3.8) is 0 Å².